The molecular formula is C19H30FN3O. The number of aryl methyl sites for hydroxylation is 1. The molecule has 2 rings (SSSR count). The fraction of sp³-hybridized carbons (Fsp3) is 0.632. The van der Waals surface area contributed by atoms with E-state index in [0.717, 1.165) is 24.9 Å². The summed E-state index contributed by atoms with van der Waals surface area (Å²) in [4.78, 5) is 14.3. The van der Waals surface area contributed by atoms with Crippen molar-refractivity contribution >= 4 is 6.03 Å². The average Bonchev–Trinajstić information content (AvgIpc) is 2.57. The molecule has 1 unspecified atom stereocenters. The van der Waals surface area contributed by atoms with Gasteiger partial charge in [-0.3, -0.25) is 0 Å². The maximum Gasteiger partial charge on any atom is 0.315 e. The standard InChI is InChI=1S/C19H30FN3O/c1-15-13-17(8-9-18(15)20)14-22-19(24)21-10-4-6-12-23-11-5-3-7-16(23)2/h8-9,13,16H,3-7,10-12,14H2,1-2H3,(H2,21,22,24). The second-order valence-corrected chi connectivity index (χ2v) is 6.78. The summed E-state index contributed by atoms with van der Waals surface area (Å²) in [5, 5.41) is 5.70. The lowest BCUT2D eigenvalue weighted by Crippen LogP contribution is -2.38. The second kappa shape index (κ2) is 9.62. The quantitative estimate of drug-likeness (QED) is 0.748. The van der Waals surface area contributed by atoms with Crippen LogP contribution in [-0.4, -0.2) is 36.6 Å². The van der Waals surface area contributed by atoms with Crippen LogP contribution in [0.2, 0.25) is 0 Å². The van der Waals surface area contributed by atoms with Crippen LogP contribution in [0, 0.1) is 12.7 Å². The van der Waals surface area contributed by atoms with Gasteiger partial charge in [-0.2, -0.15) is 0 Å². The van der Waals surface area contributed by atoms with E-state index >= 15 is 0 Å². The maximum atomic E-state index is 13.2. The minimum absolute atomic E-state index is 0.164. The normalized spacial score (nSPS) is 18.4. The Kier molecular flexibility index (Phi) is 7.50. The molecule has 1 aliphatic rings. The van der Waals surface area contributed by atoms with Gasteiger partial charge in [0.25, 0.3) is 0 Å². The van der Waals surface area contributed by atoms with Crippen LogP contribution in [0.25, 0.3) is 0 Å². The van der Waals surface area contributed by atoms with Gasteiger partial charge < -0.3 is 15.5 Å². The number of likely N-dealkylation sites (tertiary alicyclic amines) is 1. The molecule has 24 heavy (non-hydrogen) atoms. The fourth-order valence-electron chi connectivity index (χ4n) is 3.19. The zero-order valence-electron chi connectivity index (χ0n) is 14.9. The van der Waals surface area contributed by atoms with Crippen molar-refractivity contribution in [3.05, 3.63) is 35.1 Å². The van der Waals surface area contributed by atoms with Crippen LogP contribution in [0.5, 0.6) is 0 Å². The molecule has 1 atom stereocenters. The summed E-state index contributed by atoms with van der Waals surface area (Å²) in [5.74, 6) is -0.216. The van der Waals surface area contributed by atoms with E-state index in [9.17, 15) is 9.18 Å². The Hall–Kier alpha value is -1.62. The molecule has 1 saturated heterocycles. The Bertz CT molecular complexity index is 535. The van der Waals surface area contributed by atoms with Crippen LogP contribution in [-0.2, 0) is 6.54 Å². The first-order valence-corrected chi connectivity index (χ1v) is 9.07. The number of rotatable bonds is 7. The second-order valence-electron chi connectivity index (χ2n) is 6.78. The number of nitrogens with zero attached hydrogens (tertiary/aromatic N) is 1. The lowest BCUT2D eigenvalue weighted by molar-refractivity contribution is 0.158. The van der Waals surface area contributed by atoms with E-state index in [-0.39, 0.29) is 11.8 Å². The summed E-state index contributed by atoms with van der Waals surface area (Å²) in [6.45, 7) is 7.48. The summed E-state index contributed by atoms with van der Waals surface area (Å²) in [6.07, 6.45) is 6.08. The van der Waals surface area contributed by atoms with E-state index < -0.39 is 0 Å². The summed E-state index contributed by atoms with van der Waals surface area (Å²) in [7, 11) is 0. The summed E-state index contributed by atoms with van der Waals surface area (Å²) in [6, 6.07) is 5.43. The third-order valence-corrected chi connectivity index (χ3v) is 4.77. The number of carbonyl (C=O) groups is 1. The van der Waals surface area contributed by atoms with Crippen molar-refractivity contribution in [2.75, 3.05) is 19.6 Å². The minimum Gasteiger partial charge on any atom is -0.338 e. The molecular weight excluding hydrogens is 305 g/mol. The molecule has 2 N–H and O–H groups in total. The molecule has 0 aliphatic carbocycles. The van der Waals surface area contributed by atoms with Crippen LogP contribution < -0.4 is 10.6 Å². The highest BCUT2D eigenvalue weighted by molar-refractivity contribution is 5.73. The number of hydrogen-bond donors (Lipinski definition) is 2. The lowest BCUT2D eigenvalue weighted by atomic mass is 10.0. The predicted molar refractivity (Wildman–Crippen MR) is 95.5 cm³/mol. The average molecular weight is 335 g/mol. The van der Waals surface area contributed by atoms with Gasteiger partial charge in [0.05, 0.1) is 0 Å². The Morgan fingerprint density at radius 1 is 1.29 bits per heavy atom. The van der Waals surface area contributed by atoms with E-state index in [1.807, 2.05) is 0 Å². The van der Waals surface area contributed by atoms with E-state index in [4.69, 9.17) is 0 Å². The Morgan fingerprint density at radius 2 is 2.12 bits per heavy atom. The number of nitrogens with one attached hydrogen (secondary N) is 2. The molecule has 1 aromatic carbocycles. The smallest absolute Gasteiger partial charge is 0.315 e. The van der Waals surface area contributed by atoms with E-state index in [2.05, 4.69) is 22.5 Å². The molecule has 1 heterocycles. The third kappa shape index (κ3) is 6.11. The van der Waals surface area contributed by atoms with Gasteiger partial charge in [-0.15, -0.1) is 0 Å². The summed E-state index contributed by atoms with van der Waals surface area (Å²) in [5.41, 5.74) is 1.50. The molecule has 5 heteroatoms. The van der Waals surface area contributed by atoms with Gasteiger partial charge in [0.2, 0.25) is 0 Å². The topological polar surface area (TPSA) is 44.4 Å². The van der Waals surface area contributed by atoms with Crippen molar-refractivity contribution in [3.8, 4) is 0 Å². The number of piperidine rings is 1. The Balaban J connectivity index is 1.55. The van der Waals surface area contributed by atoms with Gasteiger partial charge in [-0.1, -0.05) is 18.6 Å². The van der Waals surface area contributed by atoms with E-state index in [1.54, 1.807) is 19.1 Å². The highest BCUT2D eigenvalue weighted by Crippen LogP contribution is 2.16. The molecule has 4 nitrogen and oxygen atoms in total. The van der Waals surface area contributed by atoms with Crippen LogP contribution in [0.4, 0.5) is 9.18 Å². The van der Waals surface area contributed by atoms with E-state index in [0.29, 0.717) is 24.7 Å². The van der Waals surface area contributed by atoms with Crippen molar-refractivity contribution in [1.82, 2.24) is 15.5 Å². The highest BCUT2D eigenvalue weighted by atomic mass is 19.1. The molecule has 2 amide bonds. The lowest BCUT2D eigenvalue weighted by Gasteiger charge is -2.33. The van der Waals surface area contributed by atoms with Crippen LogP contribution in [0.3, 0.4) is 0 Å². The number of carbonyl (C=O) groups excluding carboxylic acids is 1. The first kappa shape index (κ1) is 18.7. The molecule has 1 aliphatic heterocycles. The van der Waals surface area contributed by atoms with Crippen molar-refractivity contribution < 1.29 is 9.18 Å². The molecule has 0 aromatic heterocycles. The number of hydrogen-bond acceptors (Lipinski definition) is 2. The Labute approximate surface area is 144 Å². The van der Waals surface area contributed by atoms with Crippen LogP contribution >= 0.6 is 0 Å². The molecule has 0 spiro atoms. The number of halogens is 1. The van der Waals surface area contributed by atoms with Gasteiger partial charge in [0.1, 0.15) is 5.82 Å². The molecule has 1 fully saturated rings. The first-order chi connectivity index (χ1) is 11.6. The summed E-state index contributed by atoms with van der Waals surface area (Å²) < 4.78 is 13.2. The zero-order valence-corrected chi connectivity index (χ0v) is 14.9. The van der Waals surface area contributed by atoms with Crippen LogP contribution in [0.15, 0.2) is 18.2 Å². The SMILES string of the molecule is Cc1cc(CNC(=O)NCCCCN2CCCCC2C)ccc1F. The van der Waals surface area contributed by atoms with Crippen molar-refractivity contribution in [2.24, 2.45) is 0 Å². The molecule has 0 bridgehead atoms. The number of amides is 2. The number of unbranched alkanes of at least 4 members (excludes halogenated alkanes) is 1. The first-order valence-electron chi connectivity index (χ1n) is 9.07. The molecule has 0 radical (unpaired) electrons. The maximum absolute atomic E-state index is 13.2. The van der Waals surface area contributed by atoms with Gasteiger partial charge in [-0.05, 0) is 69.8 Å². The number of urea groups is 1. The van der Waals surface area contributed by atoms with Gasteiger partial charge in [0.15, 0.2) is 0 Å². The third-order valence-electron chi connectivity index (χ3n) is 4.77. The predicted octanol–water partition coefficient (Wildman–Crippen LogP) is 3.59. The minimum atomic E-state index is -0.216. The van der Waals surface area contributed by atoms with Gasteiger partial charge in [0, 0.05) is 19.1 Å². The Morgan fingerprint density at radius 3 is 2.88 bits per heavy atom. The van der Waals surface area contributed by atoms with Crippen LogP contribution in [0.1, 0.15) is 50.2 Å². The fourth-order valence-corrected chi connectivity index (χ4v) is 3.19. The molecule has 134 valence electrons. The van der Waals surface area contributed by atoms with Crippen molar-refractivity contribution in [3.63, 3.8) is 0 Å². The monoisotopic (exact) mass is 335 g/mol. The van der Waals surface area contributed by atoms with Gasteiger partial charge in [-0.25, -0.2) is 9.18 Å². The molecule has 0 saturated carbocycles. The largest absolute Gasteiger partial charge is 0.338 e. The van der Waals surface area contributed by atoms with E-state index in [1.165, 1.54) is 31.9 Å². The highest BCUT2D eigenvalue weighted by Gasteiger charge is 2.16. The number of benzene rings is 1. The van der Waals surface area contributed by atoms with Gasteiger partial charge >= 0.3 is 6.03 Å². The summed E-state index contributed by atoms with van der Waals surface area (Å²) >= 11 is 0. The molecule has 1 aromatic rings. The zero-order chi connectivity index (χ0) is 17.4. The van der Waals surface area contributed by atoms with Crippen molar-refractivity contribution in [2.45, 2.75) is 58.5 Å². The van der Waals surface area contributed by atoms with Crippen molar-refractivity contribution in [1.29, 1.82) is 0 Å².